The average Bonchev–Trinajstić information content (AvgIpc) is 2.81. The summed E-state index contributed by atoms with van der Waals surface area (Å²) in [4.78, 5) is 0. The van der Waals surface area contributed by atoms with E-state index in [0.29, 0.717) is 32.3 Å². The molecule has 31 heavy (non-hydrogen) atoms. The molecule has 1 aromatic rings. The fourth-order valence-corrected chi connectivity index (χ4v) is 4.53. The first kappa shape index (κ1) is 25.9. The Morgan fingerprint density at radius 3 is 2.26 bits per heavy atom. The Hall–Kier alpha value is -1.40. The Kier molecular flexibility index (Phi) is 12.2. The number of benzene rings is 1. The molecule has 1 aromatic carbocycles. The molecule has 176 valence electrons. The van der Waals surface area contributed by atoms with Crippen LogP contribution in [0.4, 0.5) is 0 Å². The SMILES string of the molecule is CCOCc1cccc(COCC)c1C(CC)C/C(=C\N)[C@H](O)CCC1CCOCC1. The zero-order chi connectivity index (χ0) is 22.5. The second-order valence-electron chi connectivity index (χ2n) is 8.46. The highest BCUT2D eigenvalue weighted by molar-refractivity contribution is 5.39. The molecule has 2 atom stereocenters. The Morgan fingerprint density at radius 2 is 1.74 bits per heavy atom. The van der Waals surface area contributed by atoms with Gasteiger partial charge in [0.25, 0.3) is 0 Å². The first-order valence-electron chi connectivity index (χ1n) is 12.1. The van der Waals surface area contributed by atoms with Crippen molar-refractivity contribution < 1.29 is 19.3 Å². The van der Waals surface area contributed by atoms with Crippen molar-refractivity contribution in [1.29, 1.82) is 0 Å². The van der Waals surface area contributed by atoms with Crippen molar-refractivity contribution in [3.63, 3.8) is 0 Å². The van der Waals surface area contributed by atoms with Gasteiger partial charge in [0.05, 0.1) is 19.3 Å². The van der Waals surface area contributed by atoms with Gasteiger partial charge in [0.15, 0.2) is 0 Å². The van der Waals surface area contributed by atoms with Crippen LogP contribution in [0.2, 0.25) is 0 Å². The van der Waals surface area contributed by atoms with E-state index < -0.39 is 6.10 Å². The molecule has 0 bridgehead atoms. The van der Waals surface area contributed by atoms with Crippen LogP contribution >= 0.6 is 0 Å². The predicted octanol–water partition coefficient (Wildman–Crippen LogP) is 5.05. The van der Waals surface area contributed by atoms with Gasteiger partial charge in [0, 0.05) is 26.4 Å². The van der Waals surface area contributed by atoms with Gasteiger partial charge in [-0.1, -0.05) is 25.1 Å². The van der Waals surface area contributed by atoms with E-state index in [4.69, 9.17) is 19.9 Å². The highest BCUT2D eigenvalue weighted by Crippen LogP contribution is 2.35. The number of rotatable bonds is 14. The lowest BCUT2D eigenvalue weighted by Crippen LogP contribution is -2.20. The summed E-state index contributed by atoms with van der Waals surface area (Å²) in [6, 6.07) is 6.38. The van der Waals surface area contributed by atoms with E-state index in [1.54, 1.807) is 6.20 Å². The first-order chi connectivity index (χ1) is 15.1. The summed E-state index contributed by atoms with van der Waals surface area (Å²) >= 11 is 0. The molecule has 2 rings (SSSR count). The third kappa shape index (κ3) is 8.23. The van der Waals surface area contributed by atoms with Crippen LogP contribution in [0, 0.1) is 5.92 Å². The zero-order valence-corrected chi connectivity index (χ0v) is 19.8. The quantitative estimate of drug-likeness (QED) is 0.429. The van der Waals surface area contributed by atoms with Crippen LogP contribution in [0.1, 0.15) is 81.9 Å². The number of ether oxygens (including phenoxy) is 3. The summed E-state index contributed by atoms with van der Waals surface area (Å²) in [6.45, 7) is 10.5. The van der Waals surface area contributed by atoms with Gasteiger partial charge in [-0.05, 0) is 92.7 Å². The molecule has 1 fully saturated rings. The number of aliphatic hydroxyl groups is 1. The molecule has 5 nitrogen and oxygen atoms in total. The fourth-order valence-electron chi connectivity index (χ4n) is 4.53. The lowest BCUT2D eigenvalue weighted by atomic mass is 9.82. The maximum Gasteiger partial charge on any atom is 0.0767 e. The van der Waals surface area contributed by atoms with E-state index >= 15 is 0 Å². The van der Waals surface area contributed by atoms with Gasteiger partial charge >= 0.3 is 0 Å². The summed E-state index contributed by atoms with van der Waals surface area (Å²) in [5, 5.41) is 10.9. The number of nitrogens with two attached hydrogens (primary N) is 1. The highest BCUT2D eigenvalue weighted by atomic mass is 16.5. The molecule has 1 saturated heterocycles. The summed E-state index contributed by atoms with van der Waals surface area (Å²) in [5.74, 6) is 0.911. The van der Waals surface area contributed by atoms with Crippen LogP contribution < -0.4 is 5.73 Å². The van der Waals surface area contributed by atoms with Crippen LogP contribution in [0.3, 0.4) is 0 Å². The monoisotopic (exact) mass is 433 g/mol. The zero-order valence-electron chi connectivity index (χ0n) is 19.8. The molecule has 0 saturated carbocycles. The molecular formula is C26H43NO4. The van der Waals surface area contributed by atoms with Crippen molar-refractivity contribution in [2.45, 2.75) is 84.5 Å². The summed E-state index contributed by atoms with van der Waals surface area (Å²) in [5.41, 5.74) is 10.7. The molecule has 1 unspecified atom stereocenters. The standard InChI is InChI=1S/C26H43NO4/c1-4-21(16-24(17-27)25(28)11-10-20-12-14-31-15-13-20)26-22(18-29-5-2)8-7-9-23(26)19-30-6-3/h7-9,17,20-21,25,28H,4-6,10-16,18-19,27H2,1-3H3/b24-17+/t21?,25-/m1/s1. The van der Waals surface area contributed by atoms with Crippen molar-refractivity contribution in [3.8, 4) is 0 Å². The molecule has 1 heterocycles. The van der Waals surface area contributed by atoms with Gasteiger partial charge in [0.1, 0.15) is 0 Å². The van der Waals surface area contributed by atoms with Crippen molar-refractivity contribution in [3.05, 3.63) is 46.7 Å². The van der Waals surface area contributed by atoms with Crippen LogP contribution in [0.15, 0.2) is 30.0 Å². The maximum atomic E-state index is 10.9. The summed E-state index contributed by atoms with van der Waals surface area (Å²) < 4.78 is 17.0. The maximum absolute atomic E-state index is 10.9. The predicted molar refractivity (Wildman–Crippen MR) is 126 cm³/mol. The van der Waals surface area contributed by atoms with Gasteiger partial charge in [-0.25, -0.2) is 0 Å². The van der Waals surface area contributed by atoms with E-state index in [9.17, 15) is 5.11 Å². The Labute approximate surface area is 189 Å². The third-order valence-corrected chi connectivity index (χ3v) is 6.42. The average molecular weight is 434 g/mol. The Morgan fingerprint density at radius 1 is 1.13 bits per heavy atom. The number of hydrogen-bond acceptors (Lipinski definition) is 5. The van der Waals surface area contributed by atoms with Gasteiger partial charge in [-0.2, -0.15) is 0 Å². The second-order valence-corrected chi connectivity index (χ2v) is 8.46. The molecule has 1 aliphatic heterocycles. The van der Waals surface area contributed by atoms with Crippen LogP contribution in [0.5, 0.6) is 0 Å². The molecule has 0 aromatic heterocycles. The van der Waals surface area contributed by atoms with E-state index in [-0.39, 0.29) is 5.92 Å². The van der Waals surface area contributed by atoms with Crippen molar-refractivity contribution in [2.24, 2.45) is 11.7 Å². The molecule has 5 heteroatoms. The lowest BCUT2D eigenvalue weighted by molar-refractivity contribution is 0.0588. The van der Waals surface area contributed by atoms with Crippen LogP contribution in [-0.2, 0) is 27.4 Å². The van der Waals surface area contributed by atoms with Gasteiger partial charge < -0.3 is 25.1 Å². The van der Waals surface area contributed by atoms with E-state index in [0.717, 1.165) is 57.3 Å². The minimum atomic E-state index is -0.490. The van der Waals surface area contributed by atoms with Gasteiger partial charge in [0.2, 0.25) is 0 Å². The molecule has 0 spiro atoms. The van der Waals surface area contributed by atoms with Crippen LogP contribution in [0.25, 0.3) is 0 Å². The molecule has 0 aliphatic carbocycles. The molecule has 0 amide bonds. The largest absolute Gasteiger partial charge is 0.405 e. The van der Waals surface area contributed by atoms with E-state index in [2.05, 4.69) is 25.1 Å². The van der Waals surface area contributed by atoms with Crippen LogP contribution in [-0.4, -0.2) is 37.6 Å². The topological polar surface area (TPSA) is 73.9 Å². The Bertz CT molecular complexity index is 629. The first-order valence-corrected chi connectivity index (χ1v) is 12.1. The second kappa shape index (κ2) is 14.6. The molecule has 0 radical (unpaired) electrons. The summed E-state index contributed by atoms with van der Waals surface area (Å²) in [6.07, 6.45) is 6.83. The molecular weight excluding hydrogens is 390 g/mol. The van der Waals surface area contributed by atoms with Crippen molar-refractivity contribution >= 4 is 0 Å². The normalized spacial score (nSPS) is 17.6. The highest BCUT2D eigenvalue weighted by Gasteiger charge is 2.23. The van der Waals surface area contributed by atoms with Gasteiger partial charge in [-0.3, -0.25) is 0 Å². The van der Waals surface area contributed by atoms with Crippen molar-refractivity contribution in [2.75, 3.05) is 26.4 Å². The fraction of sp³-hybridized carbons (Fsp3) is 0.692. The lowest BCUT2D eigenvalue weighted by Gasteiger charge is -2.27. The summed E-state index contributed by atoms with van der Waals surface area (Å²) in [7, 11) is 0. The Balaban J connectivity index is 2.14. The number of hydrogen-bond donors (Lipinski definition) is 2. The number of aliphatic hydroxyl groups excluding tert-OH is 1. The smallest absolute Gasteiger partial charge is 0.0767 e. The molecule has 3 N–H and O–H groups in total. The van der Waals surface area contributed by atoms with Gasteiger partial charge in [-0.15, -0.1) is 0 Å². The van der Waals surface area contributed by atoms with E-state index in [1.165, 1.54) is 16.7 Å². The minimum Gasteiger partial charge on any atom is -0.405 e. The van der Waals surface area contributed by atoms with Crippen molar-refractivity contribution in [1.82, 2.24) is 0 Å². The van der Waals surface area contributed by atoms with E-state index in [1.807, 2.05) is 13.8 Å². The third-order valence-electron chi connectivity index (χ3n) is 6.42. The minimum absolute atomic E-state index is 0.264. The molecule has 1 aliphatic rings.